The first-order valence-electron chi connectivity index (χ1n) is 9.49. The van der Waals surface area contributed by atoms with E-state index in [9.17, 15) is 14.7 Å². The minimum Gasteiger partial charge on any atom is -0.478 e. The van der Waals surface area contributed by atoms with Gasteiger partial charge in [0.15, 0.2) is 0 Å². The van der Waals surface area contributed by atoms with Crippen LogP contribution in [0.5, 0.6) is 0 Å². The minimum atomic E-state index is -1.01. The Balaban J connectivity index is 1.98. The fraction of sp³-hybridized carbons (Fsp3) is 0.476. The van der Waals surface area contributed by atoms with Crippen LogP contribution in [0.2, 0.25) is 0 Å². The highest BCUT2D eigenvalue weighted by Crippen LogP contribution is 2.40. The fourth-order valence-corrected chi connectivity index (χ4v) is 4.94. The second-order valence-electron chi connectivity index (χ2n) is 7.64. The Hall–Kier alpha value is -2.21. The summed E-state index contributed by atoms with van der Waals surface area (Å²) >= 11 is 1.35. The van der Waals surface area contributed by atoms with Crippen molar-refractivity contribution in [1.29, 1.82) is 0 Å². The van der Waals surface area contributed by atoms with E-state index in [1.165, 1.54) is 11.3 Å². The first kappa shape index (κ1) is 19.5. The lowest BCUT2D eigenvalue weighted by atomic mass is 9.82. The van der Waals surface area contributed by atoms with Gasteiger partial charge in [-0.05, 0) is 57.6 Å². The summed E-state index contributed by atoms with van der Waals surface area (Å²) in [5.74, 6) is -0.310. The van der Waals surface area contributed by atoms with Gasteiger partial charge in [0, 0.05) is 34.8 Å². The van der Waals surface area contributed by atoms with Crippen molar-refractivity contribution in [2.24, 2.45) is 11.8 Å². The summed E-state index contributed by atoms with van der Waals surface area (Å²) < 4.78 is 0. The predicted molar refractivity (Wildman–Crippen MR) is 108 cm³/mol. The van der Waals surface area contributed by atoms with Gasteiger partial charge in [0.2, 0.25) is 5.91 Å². The smallest absolute Gasteiger partial charge is 0.338 e. The van der Waals surface area contributed by atoms with Crippen LogP contribution in [0, 0.1) is 11.8 Å². The maximum Gasteiger partial charge on any atom is 0.338 e. The zero-order valence-corrected chi connectivity index (χ0v) is 16.8. The molecular weight excluding hydrogens is 360 g/mol. The molecule has 0 unspecified atom stereocenters. The van der Waals surface area contributed by atoms with Crippen LogP contribution >= 0.6 is 11.3 Å². The van der Waals surface area contributed by atoms with Crippen LogP contribution in [0.3, 0.4) is 0 Å². The fourth-order valence-electron chi connectivity index (χ4n) is 3.66. The van der Waals surface area contributed by atoms with Gasteiger partial charge in [-0.15, -0.1) is 11.3 Å². The zero-order chi connectivity index (χ0) is 19.6. The standard InChI is InChI=1S/C21H26N2O3S/c1-13(2)23(19(24)15-8-6-14(3)7-9-15)20-17(21(25)26)11-18(27-20)16-5-4-10-22-12-16/h4-5,10-15H,6-9H2,1-3H3,(H,25,26)/t14-,15-. The normalized spacial score (nSPS) is 19.9. The quantitative estimate of drug-likeness (QED) is 0.778. The molecule has 1 fully saturated rings. The molecule has 27 heavy (non-hydrogen) atoms. The van der Waals surface area contributed by atoms with Crippen LogP contribution in [-0.4, -0.2) is 28.0 Å². The summed E-state index contributed by atoms with van der Waals surface area (Å²) in [5.41, 5.74) is 1.05. The lowest BCUT2D eigenvalue weighted by Gasteiger charge is -2.33. The number of carbonyl (C=O) groups is 2. The van der Waals surface area contributed by atoms with E-state index in [0.717, 1.165) is 36.1 Å². The average molecular weight is 387 g/mol. The van der Waals surface area contributed by atoms with Crippen molar-refractivity contribution in [1.82, 2.24) is 4.98 Å². The maximum atomic E-state index is 13.3. The molecule has 0 aromatic carbocycles. The largest absolute Gasteiger partial charge is 0.478 e. The lowest BCUT2D eigenvalue weighted by molar-refractivity contribution is -0.123. The van der Waals surface area contributed by atoms with E-state index in [1.807, 2.05) is 26.0 Å². The number of pyridine rings is 1. The van der Waals surface area contributed by atoms with Gasteiger partial charge >= 0.3 is 5.97 Å². The van der Waals surface area contributed by atoms with Gasteiger partial charge in [-0.2, -0.15) is 0 Å². The Kier molecular flexibility index (Phi) is 5.95. The molecule has 2 aromatic heterocycles. The van der Waals surface area contributed by atoms with Crippen molar-refractivity contribution in [3.8, 4) is 10.4 Å². The van der Waals surface area contributed by atoms with E-state index < -0.39 is 5.97 Å². The summed E-state index contributed by atoms with van der Waals surface area (Å²) in [6, 6.07) is 5.28. The highest BCUT2D eigenvalue weighted by Gasteiger charge is 2.33. The number of aromatic nitrogens is 1. The molecule has 144 valence electrons. The number of amides is 1. The van der Waals surface area contributed by atoms with E-state index in [0.29, 0.717) is 10.9 Å². The third-order valence-electron chi connectivity index (χ3n) is 5.23. The van der Waals surface area contributed by atoms with Crippen molar-refractivity contribution in [2.45, 2.75) is 52.5 Å². The zero-order valence-electron chi connectivity index (χ0n) is 16.0. The number of hydrogen-bond acceptors (Lipinski definition) is 4. The molecule has 1 aliphatic rings. The topological polar surface area (TPSA) is 70.5 Å². The van der Waals surface area contributed by atoms with Crippen molar-refractivity contribution < 1.29 is 14.7 Å². The van der Waals surface area contributed by atoms with Crippen LogP contribution in [0.4, 0.5) is 5.00 Å². The maximum absolute atomic E-state index is 13.3. The molecule has 0 radical (unpaired) electrons. The van der Waals surface area contributed by atoms with E-state index in [4.69, 9.17) is 0 Å². The molecule has 1 saturated carbocycles. The number of carbonyl (C=O) groups excluding carboxylic acids is 1. The SMILES string of the molecule is CC(C)N(c1sc(-c2cccnc2)cc1C(=O)O)C(=O)[C@H]1CC[C@H](C)CC1. The number of carboxylic acid groups (broad SMARTS) is 1. The molecule has 1 amide bonds. The Morgan fingerprint density at radius 3 is 2.52 bits per heavy atom. The second-order valence-corrected chi connectivity index (χ2v) is 8.67. The molecule has 5 nitrogen and oxygen atoms in total. The van der Waals surface area contributed by atoms with Crippen molar-refractivity contribution in [3.05, 3.63) is 36.2 Å². The van der Waals surface area contributed by atoms with Gasteiger partial charge in [0.1, 0.15) is 5.00 Å². The van der Waals surface area contributed by atoms with Crippen LogP contribution in [0.15, 0.2) is 30.6 Å². The molecule has 0 atom stereocenters. The highest BCUT2D eigenvalue weighted by molar-refractivity contribution is 7.20. The van der Waals surface area contributed by atoms with Gasteiger partial charge in [-0.25, -0.2) is 4.79 Å². The van der Waals surface area contributed by atoms with Crippen LogP contribution in [0.1, 0.15) is 56.8 Å². The number of hydrogen-bond donors (Lipinski definition) is 1. The number of nitrogens with zero attached hydrogens (tertiary/aromatic N) is 2. The predicted octanol–water partition coefficient (Wildman–Crippen LogP) is 5.08. The van der Waals surface area contributed by atoms with Gasteiger partial charge in [0.05, 0.1) is 5.56 Å². The molecule has 2 heterocycles. The van der Waals surface area contributed by atoms with Crippen molar-refractivity contribution in [3.63, 3.8) is 0 Å². The molecule has 6 heteroatoms. The molecule has 1 aliphatic carbocycles. The molecular formula is C21H26N2O3S. The number of anilines is 1. The van der Waals surface area contributed by atoms with Gasteiger partial charge < -0.3 is 10.0 Å². The third-order valence-corrected chi connectivity index (χ3v) is 6.41. The molecule has 0 aliphatic heterocycles. The summed E-state index contributed by atoms with van der Waals surface area (Å²) in [6.07, 6.45) is 7.27. The second kappa shape index (κ2) is 8.21. The van der Waals surface area contributed by atoms with E-state index in [-0.39, 0.29) is 23.4 Å². The van der Waals surface area contributed by atoms with Crippen LogP contribution in [-0.2, 0) is 4.79 Å². The number of aromatic carboxylic acids is 1. The number of rotatable bonds is 5. The molecule has 0 bridgehead atoms. The lowest BCUT2D eigenvalue weighted by Crippen LogP contribution is -2.42. The summed E-state index contributed by atoms with van der Waals surface area (Å²) in [5, 5.41) is 10.3. The first-order valence-corrected chi connectivity index (χ1v) is 10.3. The highest BCUT2D eigenvalue weighted by atomic mass is 32.1. The Morgan fingerprint density at radius 1 is 1.26 bits per heavy atom. The summed E-state index contributed by atoms with van der Waals surface area (Å²) in [6.45, 7) is 6.11. The molecule has 3 rings (SSSR count). The van der Waals surface area contributed by atoms with Crippen LogP contribution in [0.25, 0.3) is 10.4 Å². The molecule has 2 aromatic rings. The number of carboxylic acids is 1. The van der Waals surface area contributed by atoms with Gasteiger partial charge in [-0.3, -0.25) is 9.78 Å². The average Bonchev–Trinajstić information content (AvgIpc) is 3.08. The third kappa shape index (κ3) is 4.21. The van der Waals surface area contributed by atoms with Gasteiger partial charge in [-0.1, -0.05) is 13.0 Å². The van der Waals surface area contributed by atoms with Crippen molar-refractivity contribution >= 4 is 28.2 Å². The van der Waals surface area contributed by atoms with Crippen molar-refractivity contribution in [2.75, 3.05) is 4.90 Å². The Labute approximate surface area is 164 Å². The Bertz CT molecular complexity index is 808. The molecule has 0 spiro atoms. The summed E-state index contributed by atoms with van der Waals surface area (Å²) in [4.78, 5) is 31.8. The van der Waals surface area contributed by atoms with Gasteiger partial charge in [0.25, 0.3) is 0 Å². The molecule has 0 saturated heterocycles. The monoisotopic (exact) mass is 386 g/mol. The number of thiophene rings is 1. The van der Waals surface area contributed by atoms with E-state index in [1.54, 1.807) is 23.4 Å². The van der Waals surface area contributed by atoms with Crippen LogP contribution < -0.4 is 4.90 Å². The van der Waals surface area contributed by atoms with E-state index in [2.05, 4.69) is 11.9 Å². The minimum absolute atomic E-state index is 0.0193. The molecule has 1 N–H and O–H groups in total. The Morgan fingerprint density at radius 2 is 1.96 bits per heavy atom. The van der Waals surface area contributed by atoms with E-state index >= 15 is 0 Å². The summed E-state index contributed by atoms with van der Waals surface area (Å²) in [7, 11) is 0. The first-order chi connectivity index (χ1) is 12.9.